The van der Waals surface area contributed by atoms with E-state index in [2.05, 4.69) is 36.3 Å². The number of aromatic nitrogens is 2. The molecule has 0 amide bonds. The molecule has 1 heterocycles. The highest BCUT2D eigenvalue weighted by molar-refractivity contribution is 8.01. The van der Waals surface area contributed by atoms with E-state index < -0.39 is 0 Å². The molecular formula is C13H23N3S2. The van der Waals surface area contributed by atoms with Gasteiger partial charge in [-0.05, 0) is 38.1 Å². The summed E-state index contributed by atoms with van der Waals surface area (Å²) in [7, 11) is 0. The Morgan fingerprint density at radius 1 is 1.33 bits per heavy atom. The van der Waals surface area contributed by atoms with E-state index in [1.165, 1.54) is 12.8 Å². The molecule has 1 aliphatic carbocycles. The number of aryl methyl sites for hydroxylation is 1. The quantitative estimate of drug-likeness (QED) is 0.920. The van der Waals surface area contributed by atoms with Crippen LogP contribution in [0.4, 0.5) is 0 Å². The Morgan fingerprint density at radius 3 is 2.72 bits per heavy atom. The molecule has 5 heteroatoms. The zero-order valence-corrected chi connectivity index (χ0v) is 13.3. The zero-order chi connectivity index (χ0) is 13.1. The fraction of sp³-hybridized carbons (Fsp3) is 0.846. The maximum Gasteiger partial charge on any atom is 0.174 e. The van der Waals surface area contributed by atoms with E-state index in [-0.39, 0.29) is 0 Å². The molecule has 4 unspecified atom stereocenters. The summed E-state index contributed by atoms with van der Waals surface area (Å²) in [5.74, 6) is 1.57. The highest BCUT2D eigenvalue weighted by atomic mass is 32.2. The predicted molar refractivity (Wildman–Crippen MR) is 79.3 cm³/mol. The number of nitrogens with zero attached hydrogens (tertiary/aromatic N) is 2. The Kier molecular flexibility index (Phi) is 5.04. The molecular weight excluding hydrogens is 262 g/mol. The van der Waals surface area contributed by atoms with Crippen molar-refractivity contribution in [1.29, 1.82) is 0 Å². The van der Waals surface area contributed by atoms with Crippen molar-refractivity contribution in [1.82, 2.24) is 15.5 Å². The van der Waals surface area contributed by atoms with E-state index in [1.807, 2.05) is 18.7 Å². The molecule has 102 valence electrons. The summed E-state index contributed by atoms with van der Waals surface area (Å²) in [4.78, 5) is 0. The summed E-state index contributed by atoms with van der Waals surface area (Å²) in [6.45, 7) is 10.0. The van der Waals surface area contributed by atoms with E-state index in [1.54, 1.807) is 11.3 Å². The summed E-state index contributed by atoms with van der Waals surface area (Å²) >= 11 is 3.64. The van der Waals surface area contributed by atoms with E-state index in [4.69, 9.17) is 0 Å². The second-order valence-electron chi connectivity index (χ2n) is 5.39. The van der Waals surface area contributed by atoms with Crippen LogP contribution in [0.5, 0.6) is 0 Å². The fourth-order valence-electron chi connectivity index (χ4n) is 2.93. The van der Waals surface area contributed by atoms with Crippen molar-refractivity contribution in [3.8, 4) is 0 Å². The largest absolute Gasteiger partial charge is 0.313 e. The summed E-state index contributed by atoms with van der Waals surface area (Å²) in [6.07, 6.45) is 2.62. The maximum absolute atomic E-state index is 4.26. The van der Waals surface area contributed by atoms with E-state index in [9.17, 15) is 0 Å². The molecule has 1 fully saturated rings. The van der Waals surface area contributed by atoms with Crippen LogP contribution in [0.2, 0.25) is 0 Å². The smallest absolute Gasteiger partial charge is 0.174 e. The molecule has 1 aliphatic rings. The van der Waals surface area contributed by atoms with Gasteiger partial charge in [-0.1, -0.05) is 43.9 Å². The van der Waals surface area contributed by atoms with Crippen LogP contribution in [-0.4, -0.2) is 28.0 Å². The van der Waals surface area contributed by atoms with Gasteiger partial charge >= 0.3 is 0 Å². The van der Waals surface area contributed by atoms with Crippen molar-refractivity contribution in [3.63, 3.8) is 0 Å². The Balaban J connectivity index is 2.06. The van der Waals surface area contributed by atoms with Crippen LogP contribution in [0.25, 0.3) is 0 Å². The SMILES string of the molecule is CCNC1CC(C)CC(C)C1Sc1nnc(C)s1. The van der Waals surface area contributed by atoms with Crippen LogP contribution < -0.4 is 5.32 Å². The van der Waals surface area contributed by atoms with Crippen LogP contribution in [0, 0.1) is 18.8 Å². The second kappa shape index (κ2) is 6.35. The lowest BCUT2D eigenvalue weighted by molar-refractivity contribution is 0.251. The zero-order valence-electron chi connectivity index (χ0n) is 11.6. The van der Waals surface area contributed by atoms with E-state index in [0.717, 1.165) is 27.7 Å². The lowest BCUT2D eigenvalue weighted by atomic mass is 9.80. The Bertz CT molecular complexity index is 380. The van der Waals surface area contributed by atoms with Gasteiger partial charge in [0.1, 0.15) is 5.01 Å². The molecule has 1 saturated carbocycles. The normalized spacial score (nSPS) is 32.7. The van der Waals surface area contributed by atoms with Crippen LogP contribution in [0.3, 0.4) is 0 Å². The molecule has 0 spiro atoms. The minimum atomic E-state index is 0.614. The van der Waals surface area contributed by atoms with Gasteiger partial charge in [-0.25, -0.2) is 0 Å². The third-order valence-electron chi connectivity index (χ3n) is 3.60. The predicted octanol–water partition coefficient (Wildman–Crippen LogP) is 3.35. The first-order chi connectivity index (χ1) is 8.60. The van der Waals surface area contributed by atoms with Crippen molar-refractivity contribution in [3.05, 3.63) is 5.01 Å². The average molecular weight is 285 g/mol. The number of nitrogens with one attached hydrogen (secondary N) is 1. The topological polar surface area (TPSA) is 37.8 Å². The molecule has 2 rings (SSSR count). The maximum atomic E-state index is 4.26. The van der Waals surface area contributed by atoms with Crippen LogP contribution >= 0.6 is 23.1 Å². The van der Waals surface area contributed by atoms with Gasteiger partial charge in [0.15, 0.2) is 4.34 Å². The minimum Gasteiger partial charge on any atom is -0.313 e. The average Bonchev–Trinajstić information content (AvgIpc) is 2.69. The molecule has 4 atom stereocenters. The lowest BCUT2D eigenvalue weighted by Crippen LogP contribution is -2.46. The monoisotopic (exact) mass is 285 g/mol. The molecule has 0 saturated heterocycles. The summed E-state index contributed by atoms with van der Waals surface area (Å²) in [5.41, 5.74) is 0. The molecule has 0 radical (unpaired) electrons. The number of hydrogen-bond donors (Lipinski definition) is 1. The van der Waals surface area contributed by atoms with Crippen molar-refractivity contribution >= 4 is 23.1 Å². The van der Waals surface area contributed by atoms with Gasteiger partial charge in [0, 0.05) is 11.3 Å². The number of thioether (sulfide) groups is 1. The first-order valence-electron chi connectivity index (χ1n) is 6.80. The molecule has 0 aromatic carbocycles. The van der Waals surface area contributed by atoms with Gasteiger partial charge < -0.3 is 5.32 Å². The summed E-state index contributed by atoms with van der Waals surface area (Å²) < 4.78 is 1.13. The van der Waals surface area contributed by atoms with E-state index >= 15 is 0 Å². The van der Waals surface area contributed by atoms with Crippen LogP contribution in [-0.2, 0) is 0 Å². The molecule has 18 heavy (non-hydrogen) atoms. The Labute approximate surface area is 118 Å². The van der Waals surface area contributed by atoms with E-state index in [0.29, 0.717) is 11.3 Å². The van der Waals surface area contributed by atoms with Gasteiger partial charge in [-0.15, -0.1) is 10.2 Å². The summed E-state index contributed by atoms with van der Waals surface area (Å²) in [5, 5.41) is 13.7. The molecule has 3 nitrogen and oxygen atoms in total. The molecule has 1 aromatic rings. The second-order valence-corrected chi connectivity index (χ2v) is 7.99. The van der Waals surface area contributed by atoms with Crippen LogP contribution in [0.1, 0.15) is 38.6 Å². The summed E-state index contributed by atoms with van der Waals surface area (Å²) in [6, 6.07) is 0.614. The molecule has 1 aromatic heterocycles. The van der Waals surface area contributed by atoms with Crippen molar-refractivity contribution in [2.45, 2.75) is 56.2 Å². The first-order valence-corrected chi connectivity index (χ1v) is 8.50. The highest BCUT2D eigenvalue weighted by Gasteiger charge is 2.34. The van der Waals surface area contributed by atoms with Crippen molar-refractivity contribution < 1.29 is 0 Å². The Hall–Kier alpha value is -0.130. The van der Waals surface area contributed by atoms with Gasteiger partial charge in [-0.3, -0.25) is 0 Å². The van der Waals surface area contributed by atoms with Crippen LogP contribution in [0.15, 0.2) is 4.34 Å². The minimum absolute atomic E-state index is 0.614. The van der Waals surface area contributed by atoms with Gasteiger partial charge in [-0.2, -0.15) is 0 Å². The van der Waals surface area contributed by atoms with Gasteiger partial charge in [0.25, 0.3) is 0 Å². The lowest BCUT2D eigenvalue weighted by Gasteiger charge is -2.39. The Morgan fingerprint density at radius 2 is 2.11 bits per heavy atom. The molecule has 0 aliphatic heterocycles. The standard InChI is InChI=1S/C13H23N3S2/c1-5-14-11-7-8(2)6-9(3)12(11)18-13-16-15-10(4)17-13/h8-9,11-12,14H,5-7H2,1-4H3. The molecule has 0 bridgehead atoms. The highest BCUT2D eigenvalue weighted by Crippen LogP contribution is 2.40. The third kappa shape index (κ3) is 3.45. The molecule has 1 N–H and O–H groups in total. The van der Waals surface area contributed by atoms with Crippen molar-refractivity contribution in [2.75, 3.05) is 6.54 Å². The third-order valence-corrected chi connectivity index (χ3v) is 6.12. The number of hydrogen-bond acceptors (Lipinski definition) is 5. The van der Waals surface area contributed by atoms with Crippen molar-refractivity contribution in [2.24, 2.45) is 11.8 Å². The van der Waals surface area contributed by atoms with Gasteiger partial charge in [0.05, 0.1) is 0 Å². The van der Waals surface area contributed by atoms with Gasteiger partial charge in [0.2, 0.25) is 0 Å². The first kappa shape index (κ1) is 14.3. The number of rotatable bonds is 4. The fourth-order valence-corrected chi connectivity index (χ4v) is 5.27.